The maximum Gasteiger partial charge on any atom is 0.573 e. The smallest absolute Gasteiger partial charge is 0.405 e. The largest absolute Gasteiger partial charge is 0.573 e. The van der Waals surface area contributed by atoms with E-state index in [1.807, 2.05) is 7.05 Å². The maximum atomic E-state index is 12.4. The fourth-order valence-corrected chi connectivity index (χ4v) is 2.19. The Kier molecular flexibility index (Phi) is 9.82. The average Bonchev–Trinajstić information content (AvgIpc) is 2.59. The molecular weight excluding hydrogens is 349 g/mol. The Morgan fingerprint density at radius 2 is 1.92 bits per heavy atom. The molecule has 1 aromatic rings. The lowest BCUT2D eigenvalue weighted by Crippen LogP contribution is -2.38. The minimum absolute atomic E-state index is 0.166. The Balaban J connectivity index is 2.41. The molecule has 1 rings (SSSR count). The number of ether oxygens (including phenoxy) is 2. The molecule has 0 aliphatic carbocycles. The Hall–Kier alpha value is -2.00. The quantitative estimate of drug-likeness (QED) is 0.373. The van der Waals surface area contributed by atoms with Crippen molar-refractivity contribution >= 4 is 5.96 Å². The summed E-state index contributed by atoms with van der Waals surface area (Å²) in [5, 5.41) is 6.13. The van der Waals surface area contributed by atoms with Gasteiger partial charge in [-0.3, -0.25) is 4.99 Å². The van der Waals surface area contributed by atoms with Crippen LogP contribution < -0.4 is 15.4 Å². The molecule has 6 nitrogen and oxygen atoms in total. The van der Waals surface area contributed by atoms with Crippen LogP contribution in [0.25, 0.3) is 0 Å². The number of aliphatic imine (C=N–C) groups is 1. The van der Waals surface area contributed by atoms with E-state index in [4.69, 9.17) is 4.74 Å². The van der Waals surface area contributed by atoms with Crippen LogP contribution >= 0.6 is 0 Å². The number of rotatable bonds is 10. The summed E-state index contributed by atoms with van der Waals surface area (Å²) in [5.41, 5.74) is 0.395. The summed E-state index contributed by atoms with van der Waals surface area (Å²) in [6, 6.07) is 6.02. The fraction of sp³-hybridized carbons (Fsp3) is 0.588. The maximum absolute atomic E-state index is 12.4. The Morgan fingerprint density at radius 3 is 2.58 bits per heavy atom. The molecule has 0 aliphatic heterocycles. The second-order valence-electron chi connectivity index (χ2n) is 5.66. The zero-order chi connectivity index (χ0) is 19.4. The molecule has 0 fully saturated rings. The molecule has 9 heteroatoms. The number of halogens is 3. The summed E-state index contributed by atoms with van der Waals surface area (Å²) in [4.78, 5) is 6.23. The van der Waals surface area contributed by atoms with Gasteiger partial charge in [-0.15, -0.1) is 13.2 Å². The highest BCUT2D eigenvalue weighted by Crippen LogP contribution is 2.25. The first-order chi connectivity index (χ1) is 12.4. The van der Waals surface area contributed by atoms with E-state index in [2.05, 4.69) is 25.3 Å². The Labute approximate surface area is 152 Å². The number of hydrogen-bond acceptors (Lipinski definition) is 4. The van der Waals surface area contributed by atoms with Crippen LogP contribution in [0.5, 0.6) is 5.75 Å². The van der Waals surface area contributed by atoms with Crippen molar-refractivity contribution in [2.45, 2.75) is 19.3 Å². The molecule has 0 amide bonds. The van der Waals surface area contributed by atoms with Crippen molar-refractivity contribution in [1.82, 2.24) is 15.5 Å². The molecule has 0 bridgehead atoms. The summed E-state index contributed by atoms with van der Waals surface area (Å²) < 4.78 is 46.4. The van der Waals surface area contributed by atoms with Crippen molar-refractivity contribution in [3.63, 3.8) is 0 Å². The number of nitrogens with zero attached hydrogens (tertiary/aromatic N) is 2. The predicted octanol–water partition coefficient (Wildman–Crippen LogP) is 2.22. The van der Waals surface area contributed by atoms with E-state index in [-0.39, 0.29) is 12.3 Å². The van der Waals surface area contributed by atoms with Gasteiger partial charge in [0.25, 0.3) is 0 Å². The number of alkyl halides is 3. The number of benzene rings is 1. The third-order valence-corrected chi connectivity index (χ3v) is 3.55. The normalized spacial score (nSPS) is 12.3. The first-order valence-corrected chi connectivity index (χ1v) is 8.31. The summed E-state index contributed by atoms with van der Waals surface area (Å²) in [7, 11) is 5.30. The average molecular weight is 376 g/mol. The minimum atomic E-state index is -4.72. The molecule has 148 valence electrons. The van der Waals surface area contributed by atoms with Crippen LogP contribution in [0.2, 0.25) is 0 Å². The van der Waals surface area contributed by atoms with Crippen molar-refractivity contribution in [3.05, 3.63) is 29.8 Å². The first-order valence-electron chi connectivity index (χ1n) is 8.31. The zero-order valence-electron chi connectivity index (χ0n) is 15.4. The molecule has 0 aromatic heterocycles. The molecule has 0 saturated carbocycles. The molecule has 0 spiro atoms. The van der Waals surface area contributed by atoms with Gasteiger partial charge in [0.1, 0.15) is 5.75 Å². The summed E-state index contributed by atoms with van der Waals surface area (Å²) in [6.45, 7) is 3.30. The molecule has 0 heterocycles. The van der Waals surface area contributed by atoms with Crippen molar-refractivity contribution in [2.75, 3.05) is 47.4 Å². The Bertz CT molecular complexity index is 553. The van der Waals surface area contributed by atoms with Crippen LogP contribution in [-0.4, -0.2) is 64.7 Å². The zero-order valence-corrected chi connectivity index (χ0v) is 15.4. The molecular formula is C17H27F3N4O2. The summed E-state index contributed by atoms with van der Waals surface area (Å²) in [5.74, 6) is 0.300. The van der Waals surface area contributed by atoms with Gasteiger partial charge in [0, 0.05) is 39.4 Å². The third-order valence-electron chi connectivity index (χ3n) is 3.55. The Morgan fingerprint density at radius 1 is 1.19 bits per heavy atom. The second-order valence-corrected chi connectivity index (χ2v) is 5.66. The number of para-hydroxylation sites is 1. The van der Waals surface area contributed by atoms with Gasteiger partial charge in [-0.1, -0.05) is 18.2 Å². The number of hydrogen-bond donors (Lipinski definition) is 2. The number of nitrogens with one attached hydrogen (secondary N) is 2. The van der Waals surface area contributed by atoms with Gasteiger partial charge >= 0.3 is 6.36 Å². The topological polar surface area (TPSA) is 58.1 Å². The van der Waals surface area contributed by atoms with E-state index in [1.165, 1.54) is 12.1 Å². The predicted molar refractivity (Wildman–Crippen MR) is 95.3 cm³/mol. The standard InChI is InChI=1S/C17H27F3N4O2/c1-21-16(22-9-6-10-24(2)11-12-25-3)23-13-14-7-4-5-8-15(14)26-17(18,19)20/h4-5,7-8H,6,9-13H2,1-3H3,(H2,21,22,23). The van der Waals surface area contributed by atoms with Crippen molar-refractivity contribution in [1.29, 1.82) is 0 Å². The van der Waals surface area contributed by atoms with E-state index < -0.39 is 6.36 Å². The van der Waals surface area contributed by atoms with Crippen LogP contribution in [-0.2, 0) is 11.3 Å². The van der Waals surface area contributed by atoms with Gasteiger partial charge < -0.3 is 25.0 Å². The van der Waals surface area contributed by atoms with Crippen LogP contribution in [0, 0.1) is 0 Å². The van der Waals surface area contributed by atoms with Gasteiger partial charge in [0.05, 0.1) is 6.61 Å². The van der Waals surface area contributed by atoms with Gasteiger partial charge in [-0.05, 0) is 26.1 Å². The minimum Gasteiger partial charge on any atom is -0.405 e. The monoisotopic (exact) mass is 376 g/mol. The highest BCUT2D eigenvalue weighted by Gasteiger charge is 2.31. The van der Waals surface area contributed by atoms with Crippen molar-refractivity contribution in [2.24, 2.45) is 4.99 Å². The van der Waals surface area contributed by atoms with E-state index in [9.17, 15) is 13.2 Å². The summed E-state index contributed by atoms with van der Waals surface area (Å²) >= 11 is 0. The van der Waals surface area contributed by atoms with E-state index in [0.29, 0.717) is 24.7 Å². The SMILES string of the molecule is CN=C(NCCCN(C)CCOC)NCc1ccccc1OC(F)(F)F. The summed E-state index contributed by atoms with van der Waals surface area (Å²) in [6.07, 6.45) is -3.82. The number of methoxy groups -OCH3 is 1. The van der Waals surface area contributed by atoms with Gasteiger partial charge in [0.2, 0.25) is 0 Å². The molecule has 0 aliphatic rings. The van der Waals surface area contributed by atoms with Gasteiger partial charge in [0.15, 0.2) is 5.96 Å². The second kappa shape index (κ2) is 11.6. The van der Waals surface area contributed by atoms with Gasteiger partial charge in [-0.25, -0.2) is 0 Å². The van der Waals surface area contributed by atoms with E-state index >= 15 is 0 Å². The number of guanidine groups is 1. The highest BCUT2D eigenvalue weighted by atomic mass is 19.4. The van der Waals surface area contributed by atoms with E-state index in [0.717, 1.165) is 19.5 Å². The molecule has 0 saturated heterocycles. The molecule has 0 radical (unpaired) electrons. The van der Waals surface area contributed by atoms with Crippen LogP contribution in [0.1, 0.15) is 12.0 Å². The molecule has 26 heavy (non-hydrogen) atoms. The lowest BCUT2D eigenvalue weighted by molar-refractivity contribution is -0.274. The van der Waals surface area contributed by atoms with Gasteiger partial charge in [-0.2, -0.15) is 0 Å². The van der Waals surface area contributed by atoms with Crippen LogP contribution in [0.3, 0.4) is 0 Å². The lowest BCUT2D eigenvalue weighted by atomic mass is 10.2. The number of likely N-dealkylation sites (N-methyl/N-ethyl adjacent to an activating group) is 1. The highest BCUT2D eigenvalue weighted by molar-refractivity contribution is 5.79. The molecule has 1 aromatic carbocycles. The third kappa shape index (κ3) is 9.47. The van der Waals surface area contributed by atoms with Crippen LogP contribution in [0.15, 0.2) is 29.3 Å². The first kappa shape index (κ1) is 22.0. The fourth-order valence-electron chi connectivity index (χ4n) is 2.19. The molecule has 0 atom stereocenters. The van der Waals surface area contributed by atoms with E-state index in [1.54, 1.807) is 26.3 Å². The lowest BCUT2D eigenvalue weighted by Gasteiger charge is -2.17. The van der Waals surface area contributed by atoms with Crippen LogP contribution in [0.4, 0.5) is 13.2 Å². The molecule has 2 N–H and O–H groups in total. The van der Waals surface area contributed by atoms with Crippen molar-refractivity contribution < 1.29 is 22.6 Å². The molecule has 0 unspecified atom stereocenters. The van der Waals surface area contributed by atoms with Crippen molar-refractivity contribution in [3.8, 4) is 5.75 Å².